The van der Waals surface area contributed by atoms with Crippen molar-refractivity contribution >= 4 is 44.1 Å². The smallest absolute Gasteiger partial charge is 0.315 e. The lowest BCUT2D eigenvalue weighted by molar-refractivity contribution is -0.384. The predicted octanol–water partition coefficient (Wildman–Crippen LogP) is 3.48. The van der Waals surface area contributed by atoms with Crippen molar-refractivity contribution in [1.29, 1.82) is 0 Å². The van der Waals surface area contributed by atoms with Crippen molar-refractivity contribution in [1.82, 2.24) is 4.57 Å². The second kappa shape index (κ2) is 6.86. The fourth-order valence-corrected chi connectivity index (χ4v) is 4.04. The minimum absolute atomic E-state index is 0.0320. The summed E-state index contributed by atoms with van der Waals surface area (Å²) in [5.41, 5.74) is 0.694. The van der Waals surface area contributed by atoms with Gasteiger partial charge in [0.2, 0.25) is 0 Å². The molecule has 4 aromatic rings. The number of benzene rings is 2. The first kappa shape index (κ1) is 17.8. The predicted molar refractivity (Wildman–Crippen MR) is 105 cm³/mol. The largest absolute Gasteiger partial charge is 0.451 e. The minimum Gasteiger partial charge on any atom is -0.451 e. The fraction of sp³-hybridized carbons (Fsp3) is 0.105. The maximum absolute atomic E-state index is 12.6. The third-order valence-corrected chi connectivity index (χ3v) is 5.28. The Kier molecular flexibility index (Phi) is 4.36. The van der Waals surface area contributed by atoms with Crippen molar-refractivity contribution < 1.29 is 14.1 Å². The lowest BCUT2D eigenvalue weighted by atomic mass is 10.2. The van der Waals surface area contributed by atoms with E-state index in [2.05, 4.69) is 4.99 Å². The molecule has 0 aliphatic carbocycles. The first-order chi connectivity index (χ1) is 13.5. The van der Waals surface area contributed by atoms with Gasteiger partial charge in [0.25, 0.3) is 5.69 Å². The molecule has 0 aliphatic rings. The summed E-state index contributed by atoms with van der Waals surface area (Å²) in [7, 11) is 0. The van der Waals surface area contributed by atoms with Crippen LogP contribution in [0.1, 0.15) is 17.5 Å². The van der Waals surface area contributed by atoms with Gasteiger partial charge in [-0.15, -0.1) is 0 Å². The van der Waals surface area contributed by atoms with Crippen LogP contribution in [0.2, 0.25) is 0 Å². The molecule has 0 aliphatic heterocycles. The number of aryl methyl sites for hydroxylation is 1. The summed E-state index contributed by atoms with van der Waals surface area (Å²) in [6.45, 7) is 2.40. The Morgan fingerprint density at radius 1 is 1.25 bits per heavy atom. The van der Waals surface area contributed by atoms with Crippen molar-refractivity contribution in [2.45, 2.75) is 13.5 Å². The molecule has 0 spiro atoms. The number of aromatic nitrogens is 1. The average molecular weight is 395 g/mol. The Balaban J connectivity index is 1.86. The number of thiazole rings is 1. The standard InChI is InChI=1S/C19H13N3O5S/c1-2-21-13-8-7-11(22(25)26)9-17(13)28-19(21)20-18(24)16-10-14(23)12-5-3-4-6-15(12)27-16/h3-10H,2H2,1H3. The van der Waals surface area contributed by atoms with Gasteiger partial charge >= 0.3 is 5.91 Å². The van der Waals surface area contributed by atoms with Crippen LogP contribution in [0.5, 0.6) is 0 Å². The van der Waals surface area contributed by atoms with E-state index in [9.17, 15) is 19.7 Å². The van der Waals surface area contributed by atoms with E-state index < -0.39 is 10.8 Å². The van der Waals surface area contributed by atoms with Crippen molar-refractivity contribution in [3.63, 3.8) is 0 Å². The van der Waals surface area contributed by atoms with Crippen LogP contribution in [0.25, 0.3) is 21.2 Å². The molecule has 0 atom stereocenters. The number of para-hydroxylation sites is 1. The van der Waals surface area contributed by atoms with Crippen LogP contribution < -0.4 is 10.2 Å². The zero-order chi connectivity index (χ0) is 19.8. The molecular formula is C19H13N3O5S. The van der Waals surface area contributed by atoms with E-state index in [-0.39, 0.29) is 16.9 Å². The molecule has 1 amide bonds. The van der Waals surface area contributed by atoms with E-state index in [0.29, 0.717) is 27.0 Å². The number of fused-ring (bicyclic) bond motifs is 2. The highest BCUT2D eigenvalue weighted by molar-refractivity contribution is 7.16. The van der Waals surface area contributed by atoms with Gasteiger partial charge in [-0.25, -0.2) is 0 Å². The molecule has 0 saturated carbocycles. The van der Waals surface area contributed by atoms with E-state index in [1.54, 1.807) is 34.9 Å². The molecule has 0 N–H and O–H groups in total. The number of nitro benzene ring substituents is 1. The number of carbonyl (C=O) groups is 1. The zero-order valence-corrected chi connectivity index (χ0v) is 15.4. The maximum Gasteiger partial charge on any atom is 0.315 e. The molecule has 140 valence electrons. The van der Waals surface area contributed by atoms with Crippen molar-refractivity contribution in [3.05, 3.63) is 79.4 Å². The van der Waals surface area contributed by atoms with Crippen LogP contribution in [-0.4, -0.2) is 15.4 Å². The van der Waals surface area contributed by atoms with E-state index in [4.69, 9.17) is 4.42 Å². The number of rotatable bonds is 3. The molecule has 0 saturated heterocycles. The highest BCUT2D eigenvalue weighted by Crippen LogP contribution is 2.23. The molecule has 0 unspecified atom stereocenters. The summed E-state index contributed by atoms with van der Waals surface area (Å²) >= 11 is 1.16. The molecular weight excluding hydrogens is 382 g/mol. The molecule has 0 fully saturated rings. The second-order valence-corrected chi connectivity index (χ2v) is 6.94. The molecule has 8 nitrogen and oxygen atoms in total. The Morgan fingerprint density at radius 2 is 2.04 bits per heavy atom. The number of nitro groups is 1. The topological polar surface area (TPSA) is 108 Å². The van der Waals surface area contributed by atoms with Crippen LogP contribution in [-0.2, 0) is 6.54 Å². The van der Waals surface area contributed by atoms with Crippen molar-refractivity contribution in [2.75, 3.05) is 0 Å². The highest BCUT2D eigenvalue weighted by Gasteiger charge is 2.15. The lowest BCUT2D eigenvalue weighted by Gasteiger charge is -2.01. The average Bonchev–Trinajstić information content (AvgIpc) is 3.03. The van der Waals surface area contributed by atoms with E-state index in [0.717, 1.165) is 22.9 Å². The van der Waals surface area contributed by atoms with E-state index >= 15 is 0 Å². The zero-order valence-electron chi connectivity index (χ0n) is 14.6. The molecule has 2 heterocycles. The van der Waals surface area contributed by atoms with Crippen LogP contribution in [0.4, 0.5) is 5.69 Å². The molecule has 28 heavy (non-hydrogen) atoms. The van der Waals surface area contributed by atoms with Gasteiger partial charge in [0.1, 0.15) is 5.58 Å². The quantitative estimate of drug-likeness (QED) is 0.390. The number of non-ortho nitro benzene ring substituents is 1. The van der Waals surface area contributed by atoms with Gasteiger partial charge in [-0.1, -0.05) is 23.5 Å². The molecule has 4 rings (SSSR count). The van der Waals surface area contributed by atoms with Gasteiger partial charge in [-0.3, -0.25) is 19.7 Å². The Morgan fingerprint density at radius 3 is 2.79 bits per heavy atom. The highest BCUT2D eigenvalue weighted by atomic mass is 32.1. The number of hydrogen-bond acceptors (Lipinski definition) is 6. The van der Waals surface area contributed by atoms with Crippen LogP contribution >= 0.6 is 11.3 Å². The van der Waals surface area contributed by atoms with Crippen LogP contribution in [0.15, 0.2) is 62.7 Å². The molecule has 9 heteroatoms. The van der Waals surface area contributed by atoms with Gasteiger partial charge in [0.15, 0.2) is 16.0 Å². The normalized spacial score (nSPS) is 12.0. The van der Waals surface area contributed by atoms with Crippen LogP contribution in [0.3, 0.4) is 0 Å². The summed E-state index contributed by atoms with van der Waals surface area (Å²) < 4.78 is 7.96. The summed E-state index contributed by atoms with van der Waals surface area (Å²) in [4.78, 5) is 39.8. The number of amides is 1. The van der Waals surface area contributed by atoms with Gasteiger partial charge in [-0.2, -0.15) is 4.99 Å². The lowest BCUT2D eigenvalue weighted by Crippen LogP contribution is -2.16. The summed E-state index contributed by atoms with van der Waals surface area (Å²) in [6, 6.07) is 12.3. The first-order valence-electron chi connectivity index (χ1n) is 8.37. The van der Waals surface area contributed by atoms with E-state index in [1.807, 2.05) is 6.92 Å². The van der Waals surface area contributed by atoms with Crippen molar-refractivity contribution in [2.24, 2.45) is 4.99 Å². The number of nitrogens with zero attached hydrogens (tertiary/aromatic N) is 3. The van der Waals surface area contributed by atoms with Crippen molar-refractivity contribution in [3.8, 4) is 0 Å². The maximum atomic E-state index is 12.6. The summed E-state index contributed by atoms with van der Waals surface area (Å²) in [5.74, 6) is -0.846. The molecule has 0 radical (unpaired) electrons. The van der Waals surface area contributed by atoms with Gasteiger partial charge in [-0.05, 0) is 25.1 Å². The summed E-state index contributed by atoms with van der Waals surface area (Å²) in [5, 5.41) is 11.4. The summed E-state index contributed by atoms with van der Waals surface area (Å²) in [6.07, 6.45) is 0. The van der Waals surface area contributed by atoms with Gasteiger partial charge in [0.05, 0.1) is 20.5 Å². The third-order valence-electron chi connectivity index (χ3n) is 4.24. The third kappa shape index (κ3) is 3.01. The van der Waals surface area contributed by atoms with Crippen LogP contribution in [0, 0.1) is 10.1 Å². The SMILES string of the molecule is CCn1c(=NC(=O)c2cc(=O)c3ccccc3o2)sc2cc([N+](=O)[O-])ccc21. The second-order valence-electron chi connectivity index (χ2n) is 5.93. The Hall–Kier alpha value is -3.59. The molecule has 0 bridgehead atoms. The number of carbonyl (C=O) groups excluding carboxylic acids is 1. The first-order valence-corrected chi connectivity index (χ1v) is 9.19. The Bertz CT molecular complexity index is 1380. The minimum atomic E-state index is -0.689. The molecule has 2 aromatic heterocycles. The fourth-order valence-electron chi connectivity index (χ4n) is 2.92. The number of hydrogen-bond donors (Lipinski definition) is 0. The molecule has 2 aromatic carbocycles. The van der Waals surface area contributed by atoms with Gasteiger partial charge < -0.3 is 8.98 Å². The van der Waals surface area contributed by atoms with E-state index in [1.165, 1.54) is 12.1 Å². The Labute approximate surface area is 161 Å². The monoisotopic (exact) mass is 395 g/mol. The van der Waals surface area contributed by atoms with Gasteiger partial charge in [0, 0.05) is 24.7 Å².